The molecule has 1 atom stereocenters. The first kappa shape index (κ1) is 15.2. The maximum atomic E-state index is 12.3. The number of amides is 2. The molecule has 0 unspecified atom stereocenters. The van der Waals surface area contributed by atoms with Crippen molar-refractivity contribution in [3.05, 3.63) is 40.8 Å². The lowest BCUT2D eigenvalue weighted by Crippen LogP contribution is -2.47. The third-order valence-electron chi connectivity index (χ3n) is 3.93. The molecule has 2 amide bonds. The van der Waals surface area contributed by atoms with Gasteiger partial charge >= 0.3 is 0 Å². The molecule has 0 bridgehead atoms. The first-order chi connectivity index (χ1) is 11.1. The third-order valence-corrected chi connectivity index (χ3v) is 3.93. The lowest BCUT2D eigenvalue weighted by Gasteiger charge is -2.15. The highest BCUT2D eigenvalue weighted by molar-refractivity contribution is 5.87. The zero-order valence-electron chi connectivity index (χ0n) is 12.6. The van der Waals surface area contributed by atoms with Crippen LogP contribution < -0.4 is 16.2 Å². The van der Waals surface area contributed by atoms with E-state index in [1.54, 1.807) is 24.4 Å². The van der Waals surface area contributed by atoms with E-state index in [2.05, 4.69) is 15.7 Å². The van der Waals surface area contributed by atoms with E-state index >= 15 is 0 Å². The summed E-state index contributed by atoms with van der Waals surface area (Å²) in [6.45, 7) is 0.435. The van der Waals surface area contributed by atoms with Crippen molar-refractivity contribution < 1.29 is 9.59 Å². The summed E-state index contributed by atoms with van der Waals surface area (Å²) in [5, 5.41) is 10.7. The molecule has 2 heterocycles. The van der Waals surface area contributed by atoms with Crippen LogP contribution >= 0.6 is 0 Å². The molecule has 3 rings (SSSR count). The van der Waals surface area contributed by atoms with Gasteiger partial charge in [-0.1, -0.05) is 18.2 Å². The average Bonchev–Trinajstić information content (AvgIpc) is 2.75. The molecule has 7 heteroatoms. The van der Waals surface area contributed by atoms with E-state index in [-0.39, 0.29) is 18.0 Å². The average molecular weight is 314 g/mol. The first-order valence-electron chi connectivity index (χ1n) is 7.67. The third kappa shape index (κ3) is 3.39. The summed E-state index contributed by atoms with van der Waals surface area (Å²) in [5.41, 5.74) is -0.316. The van der Waals surface area contributed by atoms with Gasteiger partial charge in [-0.05, 0) is 25.3 Å². The molecule has 23 heavy (non-hydrogen) atoms. The van der Waals surface area contributed by atoms with Gasteiger partial charge in [-0.15, -0.1) is 0 Å². The summed E-state index contributed by atoms with van der Waals surface area (Å²) in [4.78, 5) is 36.3. The summed E-state index contributed by atoms with van der Waals surface area (Å²) in [6.07, 6.45) is 3.95. The highest BCUT2D eigenvalue weighted by atomic mass is 16.2. The van der Waals surface area contributed by atoms with Crippen molar-refractivity contribution in [1.82, 2.24) is 20.4 Å². The Balaban J connectivity index is 1.74. The fraction of sp³-hybridized carbons (Fsp3) is 0.375. The van der Waals surface area contributed by atoms with Gasteiger partial charge in [-0.3, -0.25) is 14.4 Å². The van der Waals surface area contributed by atoms with Crippen LogP contribution in [-0.2, 0) is 16.1 Å². The molecule has 2 N–H and O–H groups in total. The van der Waals surface area contributed by atoms with Crippen LogP contribution in [0.1, 0.15) is 19.3 Å². The lowest BCUT2D eigenvalue weighted by molar-refractivity contribution is -0.129. The van der Waals surface area contributed by atoms with E-state index < -0.39 is 11.9 Å². The van der Waals surface area contributed by atoms with Crippen molar-refractivity contribution in [2.75, 3.05) is 6.54 Å². The molecule has 1 aromatic heterocycles. The van der Waals surface area contributed by atoms with Gasteiger partial charge in [-0.2, -0.15) is 5.10 Å². The van der Waals surface area contributed by atoms with E-state index in [0.29, 0.717) is 18.4 Å². The van der Waals surface area contributed by atoms with Gasteiger partial charge in [0.1, 0.15) is 12.6 Å². The Morgan fingerprint density at radius 2 is 2.13 bits per heavy atom. The molecule has 1 aromatic carbocycles. The number of carbonyl (C=O) groups is 2. The van der Waals surface area contributed by atoms with Crippen LogP contribution in [0, 0.1) is 0 Å². The molecule has 2 aromatic rings. The summed E-state index contributed by atoms with van der Waals surface area (Å²) < 4.78 is 1.12. The highest BCUT2D eigenvalue weighted by Crippen LogP contribution is 2.07. The minimum atomic E-state index is -0.541. The van der Waals surface area contributed by atoms with Gasteiger partial charge in [0.05, 0.1) is 11.6 Å². The van der Waals surface area contributed by atoms with Crippen molar-refractivity contribution in [2.24, 2.45) is 0 Å². The molecular weight excluding hydrogens is 296 g/mol. The zero-order valence-corrected chi connectivity index (χ0v) is 12.6. The van der Waals surface area contributed by atoms with Gasteiger partial charge in [0.15, 0.2) is 0 Å². The Labute approximate surface area is 132 Å². The number of benzene rings is 1. The van der Waals surface area contributed by atoms with Crippen LogP contribution in [0.5, 0.6) is 0 Å². The highest BCUT2D eigenvalue weighted by Gasteiger charge is 2.22. The number of fused-ring (bicyclic) bond motifs is 1. The van der Waals surface area contributed by atoms with Crippen molar-refractivity contribution in [3.63, 3.8) is 0 Å². The van der Waals surface area contributed by atoms with E-state index in [4.69, 9.17) is 0 Å². The predicted molar refractivity (Wildman–Crippen MR) is 84.8 cm³/mol. The van der Waals surface area contributed by atoms with Crippen LogP contribution in [-0.4, -0.2) is 34.2 Å². The molecule has 0 radical (unpaired) electrons. The monoisotopic (exact) mass is 314 g/mol. The molecule has 0 spiro atoms. The van der Waals surface area contributed by atoms with E-state index in [1.807, 2.05) is 6.07 Å². The summed E-state index contributed by atoms with van der Waals surface area (Å²) in [5.74, 6) is -0.563. The van der Waals surface area contributed by atoms with E-state index in [0.717, 1.165) is 22.9 Å². The summed E-state index contributed by atoms with van der Waals surface area (Å²) >= 11 is 0. The number of aromatic nitrogens is 2. The second-order valence-corrected chi connectivity index (χ2v) is 5.60. The molecule has 0 aliphatic carbocycles. The zero-order chi connectivity index (χ0) is 16.2. The van der Waals surface area contributed by atoms with E-state index in [1.165, 1.54) is 0 Å². The summed E-state index contributed by atoms with van der Waals surface area (Å²) in [7, 11) is 0. The Bertz CT molecular complexity index is 799. The molecule has 120 valence electrons. The molecule has 7 nitrogen and oxygen atoms in total. The minimum Gasteiger partial charge on any atom is -0.354 e. The van der Waals surface area contributed by atoms with Gasteiger partial charge in [0.2, 0.25) is 11.8 Å². The maximum absolute atomic E-state index is 12.3. The van der Waals surface area contributed by atoms with Crippen LogP contribution in [0.15, 0.2) is 35.3 Å². The minimum absolute atomic E-state index is 0.172. The fourth-order valence-electron chi connectivity index (χ4n) is 2.69. The SMILES string of the molecule is O=C(Cn1ncc2ccccc2c1=O)N[C@@H]1CCCCNC1=O. The van der Waals surface area contributed by atoms with Crippen LogP contribution in [0.4, 0.5) is 0 Å². The molecule has 0 saturated carbocycles. The van der Waals surface area contributed by atoms with Gasteiger partial charge in [-0.25, -0.2) is 4.68 Å². The Morgan fingerprint density at radius 3 is 3.00 bits per heavy atom. The molecule has 1 aliphatic rings. The molecule has 1 fully saturated rings. The molecule has 1 saturated heterocycles. The van der Waals surface area contributed by atoms with E-state index in [9.17, 15) is 14.4 Å². The fourth-order valence-corrected chi connectivity index (χ4v) is 2.69. The standard InChI is InChI=1S/C16H18N4O3/c21-14(19-13-7-3-4-8-17-15(13)22)10-20-16(23)12-6-2-1-5-11(12)9-18-20/h1-2,5-6,9,13H,3-4,7-8,10H2,(H,17,22)(H,19,21)/t13-/m1/s1. The van der Waals surface area contributed by atoms with Crippen molar-refractivity contribution >= 4 is 22.6 Å². The lowest BCUT2D eigenvalue weighted by atomic mass is 10.1. The smallest absolute Gasteiger partial charge is 0.275 e. The van der Waals surface area contributed by atoms with Gasteiger partial charge in [0.25, 0.3) is 5.56 Å². The van der Waals surface area contributed by atoms with Crippen molar-refractivity contribution in [3.8, 4) is 0 Å². The van der Waals surface area contributed by atoms with Crippen LogP contribution in [0.25, 0.3) is 10.8 Å². The predicted octanol–water partition coefficient (Wildman–Crippen LogP) is 0.181. The number of rotatable bonds is 3. The van der Waals surface area contributed by atoms with Gasteiger partial charge in [0, 0.05) is 11.9 Å². The van der Waals surface area contributed by atoms with Crippen molar-refractivity contribution in [1.29, 1.82) is 0 Å². The topological polar surface area (TPSA) is 93.1 Å². The normalized spacial score (nSPS) is 18.3. The Kier molecular flexibility index (Phi) is 4.36. The molecule has 1 aliphatic heterocycles. The largest absolute Gasteiger partial charge is 0.354 e. The number of hydrogen-bond acceptors (Lipinski definition) is 4. The number of nitrogens with one attached hydrogen (secondary N) is 2. The second-order valence-electron chi connectivity index (χ2n) is 5.60. The van der Waals surface area contributed by atoms with Gasteiger partial charge < -0.3 is 10.6 Å². The van der Waals surface area contributed by atoms with Crippen LogP contribution in [0.3, 0.4) is 0 Å². The maximum Gasteiger partial charge on any atom is 0.275 e. The summed E-state index contributed by atoms with van der Waals surface area (Å²) in [6, 6.07) is 6.55. The van der Waals surface area contributed by atoms with Crippen LogP contribution in [0.2, 0.25) is 0 Å². The quantitative estimate of drug-likeness (QED) is 0.845. The number of nitrogens with zero attached hydrogens (tertiary/aromatic N) is 2. The van der Waals surface area contributed by atoms with Crippen molar-refractivity contribution in [2.45, 2.75) is 31.8 Å². The Morgan fingerprint density at radius 1 is 1.30 bits per heavy atom. The second kappa shape index (κ2) is 6.60. The Hall–Kier alpha value is -2.70. The number of hydrogen-bond donors (Lipinski definition) is 2. The molecular formula is C16H18N4O3. The first-order valence-corrected chi connectivity index (χ1v) is 7.67. The number of carbonyl (C=O) groups excluding carboxylic acids is 2.